The molecule has 1 aliphatic heterocycles. The Morgan fingerprint density at radius 2 is 1.95 bits per heavy atom. The van der Waals surface area contributed by atoms with E-state index in [1.54, 1.807) is 6.33 Å². The molecule has 5 heteroatoms. The van der Waals surface area contributed by atoms with Gasteiger partial charge in [-0.15, -0.1) is 0 Å². The number of aromatic nitrogens is 2. The molecule has 2 rings (SSSR count). The highest BCUT2D eigenvalue weighted by atomic mass is 32.2. The molecule has 0 radical (unpaired) electrons. The minimum absolute atomic E-state index is 0.570. The highest BCUT2D eigenvalue weighted by Gasteiger charge is 2.16. The molecule has 0 bridgehead atoms. The largest absolute Gasteiger partial charge is 0.370 e. The molecule has 2 heterocycles. The van der Waals surface area contributed by atoms with Crippen LogP contribution in [0.4, 0.5) is 11.6 Å². The van der Waals surface area contributed by atoms with Gasteiger partial charge in [0, 0.05) is 18.2 Å². The Labute approximate surface area is 120 Å². The molecule has 1 aliphatic rings. The summed E-state index contributed by atoms with van der Waals surface area (Å²) in [6.07, 6.45) is 6.19. The Hall–Kier alpha value is -0.970. The fourth-order valence-corrected chi connectivity index (χ4v) is 3.41. The average Bonchev–Trinajstić information content (AvgIpc) is 2.46. The van der Waals surface area contributed by atoms with Gasteiger partial charge >= 0.3 is 0 Å². The summed E-state index contributed by atoms with van der Waals surface area (Å²) in [6, 6.07) is 0.570. The topological polar surface area (TPSA) is 49.8 Å². The van der Waals surface area contributed by atoms with Crippen molar-refractivity contribution in [3.8, 4) is 0 Å². The molecule has 0 atom stereocenters. The van der Waals surface area contributed by atoms with Crippen molar-refractivity contribution >= 4 is 23.4 Å². The second-order valence-corrected chi connectivity index (χ2v) is 6.09. The van der Waals surface area contributed by atoms with E-state index >= 15 is 0 Å². The van der Waals surface area contributed by atoms with Crippen molar-refractivity contribution in [3.05, 3.63) is 11.9 Å². The molecular formula is C14H24N4S. The third kappa shape index (κ3) is 4.00. The van der Waals surface area contributed by atoms with Gasteiger partial charge in [0.2, 0.25) is 0 Å². The first kappa shape index (κ1) is 14.4. The average molecular weight is 280 g/mol. The van der Waals surface area contributed by atoms with E-state index in [-0.39, 0.29) is 0 Å². The van der Waals surface area contributed by atoms with Crippen molar-refractivity contribution < 1.29 is 0 Å². The van der Waals surface area contributed by atoms with E-state index < -0.39 is 0 Å². The van der Waals surface area contributed by atoms with Crippen LogP contribution in [0.5, 0.6) is 0 Å². The van der Waals surface area contributed by atoms with Crippen molar-refractivity contribution in [2.75, 3.05) is 28.7 Å². The van der Waals surface area contributed by atoms with E-state index in [1.165, 1.54) is 29.9 Å². The summed E-state index contributed by atoms with van der Waals surface area (Å²) >= 11 is 2.05. The lowest BCUT2D eigenvalue weighted by Crippen LogP contribution is -2.26. The highest BCUT2D eigenvalue weighted by molar-refractivity contribution is 7.99. The van der Waals surface area contributed by atoms with Crippen LogP contribution >= 0.6 is 11.8 Å². The lowest BCUT2D eigenvalue weighted by molar-refractivity contribution is 0.662. The lowest BCUT2D eigenvalue weighted by Gasteiger charge is -2.24. The minimum atomic E-state index is 0.570. The maximum Gasteiger partial charge on any atom is 0.134 e. The van der Waals surface area contributed by atoms with E-state index in [2.05, 4.69) is 34.4 Å². The first-order chi connectivity index (χ1) is 9.35. The van der Waals surface area contributed by atoms with Gasteiger partial charge in [-0.25, -0.2) is 9.97 Å². The second-order valence-electron chi connectivity index (χ2n) is 4.86. The molecule has 1 aromatic heterocycles. The van der Waals surface area contributed by atoms with E-state index in [4.69, 9.17) is 0 Å². The van der Waals surface area contributed by atoms with E-state index in [9.17, 15) is 0 Å². The molecule has 0 saturated carbocycles. The molecule has 0 aromatic carbocycles. The molecule has 1 aromatic rings. The van der Waals surface area contributed by atoms with Crippen LogP contribution in [0.2, 0.25) is 0 Å². The smallest absolute Gasteiger partial charge is 0.134 e. The summed E-state index contributed by atoms with van der Waals surface area (Å²) < 4.78 is 0. The molecule has 4 nitrogen and oxygen atoms in total. The molecular weight excluding hydrogens is 256 g/mol. The van der Waals surface area contributed by atoms with Crippen LogP contribution in [0.1, 0.15) is 38.7 Å². The standard InChI is InChI=1S/C14H24N4S/c1-3-7-15-13-12(4-2)14(17-10-16-13)18-11-5-8-19-9-6-11/h10-11H,3-9H2,1-2H3,(H2,15,16,17,18). The molecule has 2 N–H and O–H groups in total. The van der Waals surface area contributed by atoms with Crippen molar-refractivity contribution in [2.24, 2.45) is 0 Å². The Bertz CT molecular complexity index is 391. The Kier molecular flexibility index (Phi) is 5.76. The molecule has 0 amide bonds. The fraction of sp³-hybridized carbons (Fsp3) is 0.714. The second kappa shape index (κ2) is 7.58. The summed E-state index contributed by atoms with van der Waals surface area (Å²) in [4.78, 5) is 8.82. The number of rotatable bonds is 6. The van der Waals surface area contributed by atoms with Gasteiger partial charge in [0.05, 0.1) is 0 Å². The fourth-order valence-electron chi connectivity index (χ4n) is 2.30. The summed E-state index contributed by atoms with van der Waals surface area (Å²) in [5.74, 6) is 4.52. The molecule has 19 heavy (non-hydrogen) atoms. The van der Waals surface area contributed by atoms with Crippen LogP contribution in [0.25, 0.3) is 0 Å². The number of nitrogens with zero attached hydrogens (tertiary/aromatic N) is 2. The summed E-state index contributed by atoms with van der Waals surface area (Å²) in [5.41, 5.74) is 1.22. The molecule has 0 spiro atoms. The first-order valence-corrected chi connectivity index (χ1v) is 8.42. The zero-order valence-electron chi connectivity index (χ0n) is 11.9. The molecule has 1 fully saturated rings. The van der Waals surface area contributed by atoms with E-state index in [0.717, 1.165) is 31.0 Å². The van der Waals surface area contributed by atoms with Gasteiger partial charge in [0.15, 0.2) is 0 Å². The van der Waals surface area contributed by atoms with Crippen LogP contribution in [0, 0.1) is 0 Å². The normalized spacial score (nSPS) is 16.3. The zero-order valence-corrected chi connectivity index (χ0v) is 12.7. The number of thioether (sulfide) groups is 1. The van der Waals surface area contributed by atoms with Crippen LogP contribution in [0.3, 0.4) is 0 Å². The van der Waals surface area contributed by atoms with Crippen molar-refractivity contribution in [1.82, 2.24) is 9.97 Å². The number of anilines is 2. The van der Waals surface area contributed by atoms with Crippen molar-refractivity contribution in [3.63, 3.8) is 0 Å². The third-order valence-electron chi connectivity index (χ3n) is 3.40. The van der Waals surface area contributed by atoms with E-state index in [0.29, 0.717) is 6.04 Å². The maximum atomic E-state index is 4.44. The van der Waals surface area contributed by atoms with Crippen molar-refractivity contribution in [2.45, 2.75) is 45.6 Å². The summed E-state index contributed by atoms with van der Waals surface area (Å²) in [7, 11) is 0. The molecule has 0 unspecified atom stereocenters. The van der Waals surface area contributed by atoms with Crippen LogP contribution in [-0.2, 0) is 6.42 Å². The minimum Gasteiger partial charge on any atom is -0.370 e. The summed E-state index contributed by atoms with van der Waals surface area (Å²) in [6.45, 7) is 5.29. The Balaban J connectivity index is 2.09. The van der Waals surface area contributed by atoms with Crippen LogP contribution in [-0.4, -0.2) is 34.1 Å². The van der Waals surface area contributed by atoms with Gasteiger partial charge in [0.25, 0.3) is 0 Å². The van der Waals surface area contributed by atoms with Gasteiger partial charge < -0.3 is 10.6 Å². The SMILES string of the molecule is CCCNc1ncnc(NC2CCSCC2)c1CC. The first-order valence-electron chi connectivity index (χ1n) is 7.27. The quantitative estimate of drug-likeness (QED) is 0.838. The molecule has 0 aliphatic carbocycles. The summed E-state index contributed by atoms with van der Waals surface area (Å²) in [5, 5.41) is 7.01. The van der Waals surface area contributed by atoms with Gasteiger partial charge in [0.1, 0.15) is 18.0 Å². The number of hydrogen-bond acceptors (Lipinski definition) is 5. The Morgan fingerprint density at radius 3 is 2.63 bits per heavy atom. The van der Waals surface area contributed by atoms with E-state index in [1.807, 2.05) is 11.8 Å². The third-order valence-corrected chi connectivity index (χ3v) is 4.45. The predicted molar refractivity (Wildman–Crippen MR) is 84.2 cm³/mol. The van der Waals surface area contributed by atoms with Gasteiger partial charge in [-0.2, -0.15) is 11.8 Å². The van der Waals surface area contributed by atoms with Gasteiger partial charge in [-0.1, -0.05) is 13.8 Å². The van der Waals surface area contributed by atoms with Crippen LogP contribution in [0.15, 0.2) is 6.33 Å². The highest BCUT2D eigenvalue weighted by Crippen LogP contribution is 2.25. The lowest BCUT2D eigenvalue weighted by atomic mass is 10.1. The number of hydrogen-bond donors (Lipinski definition) is 2. The van der Waals surface area contributed by atoms with Gasteiger partial charge in [-0.3, -0.25) is 0 Å². The number of nitrogens with one attached hydrogen (secondary N) is 2. The molecule has 106 valence electrons. The van der Waals surface area contributed by atoms with Gasteiger partial charge in [-0.05, 0) is 37.2 Å². The predicted octanol–water partition coefficient (Wildman–Crippen LogP) is 3.17. The van der Waals surface area contributed by atoms with Crippen molar-refractivity contribution in [1.29, 1.82) is 0 Å². The maximum absolute atomic E-state index is 4.44. The molecule has 1 saturated heterocycles. The zero-order chi connectivity index (χ0) is 13.5. The van der Waals surface area contributed by atoms with Crippen LogP contribution < -0.4 is 10.6 Å². The monoisotopic (exact) mass is 280 g/mol. The Morgan fingerprint density at radius 1 is 1.21 bits per heavy atom.